The molecule has 1 heterocycles. The van der Waals surface area contributed by atoms with Gasteiger partial charge in [0, 0.05) is 30.3 Å². The Morgan fingerprint density at radius 1 is 1.43 bits per heavy atom. The molecule has 0 aliphatic carbocycles. The van der Waals surface area contributed by atoms with Gasteiger partial charge in [-0.25, -0.2) is 23.5 Å². The van der Waals surface area contributed by atoms with Crippen LogP contribution in [0.1, 0.15) is 31.3 Å². The van der Waals surface area contributed by atoms with Gasteiger partial charge >= 0.3 is 0 Å². The highest BCUT2D eigenvalue weighted by Gasteiger charge is 2.30. The van der Waals surface area contributed by atoms with Crippen molar-refractivity contribution >= 4 is 21.3 Å². The van der Waals surface area contributed by atoms with Crippen LogP contribution in [0.5, 0.6) is 0 Å². The van der Waals surface area contributed by atoms with Gasteiger partial charge in [0.05, 0.1) is 0 Å². The maximum Gasteiger partial charge on any atom is 0.214 e. The summed E-state index contributed by atoms with van der Waals surface area (Å²) in [5, 5.41) is 8.26. The van der Waals surface area contributed by atoms with E-state index < -0.39 is 32.6 Å². The zero-order valence-electron chi connectivity index (χ0n) is 11.9. The highest BCUT2D eigenvalue weighted by atomic mass is 32.2. The number of aryl methyl sites for hydroxylation is 1. The van der Waals surface area contributed by atoms with Gasteiger partial charge in [-0.2, -0.15) is 0 Å². The minimum absolute atomic E-state index is 0.332. The third kappa shape index (κ3) is 8.14. The van der Waals surface area contributed by atoms with Gasteiger partial charge < -0.3 is 9.29 Å². The molecule has 0 saturated carbocycles. The quantitative estimate of drug-likeness (QED) is 0.669. The van der Waals surface area contributed by atoms with E-state index >= 15 is 0 Å². The normalized spacial score (nSPS) is 15.5. The second-order valence-electron chi connectivity index (χ2n) is 4.05. The SMILES string of the molecule is CCO[C@H](c1ncc(C)cn1)[C@H](C)S(N)(=O)=O.NS(=O)[O-]. The van der Waals surface area contributed by atoms with E-state index in [1.54, 1.807) is 19.3 Å². The Labute approximate surface area is 126 Å². The molecule has 0 bridgehead atoms. The molecule has 11 heteroatoms. The van der Waals surface area contributed by atoms with Crippen molar-refractivity contribution in [1.82, 2.24) is 9.97 Å². The molecule has 1 aromatic heterocycles. The molecule has 0 aromatic carbocycles. The van der Waals surface area contributed by atoms with E-state index in [2.05, 4.69) is 15.1 Å². The van der Waals surface area contributed by atoms with Crippen LogP contribution in [0.4, 0.5) is 0 Å². The summed E-state index contributed by atoms with van der Waals surface area (Å²) >= 11 is -2.36. The molecule has 1 rings (SSSR count). The fourth-order valence-electron chi connectivity index (χ4n) is 1.32. The lowest BCUT2D eigenvalue weighted by molar-refractivity contribution is 0.0556. The van der Waals surface area contributed by atoms with Crippen molar-refractivity contribution in [2.24, 2.45) is 10.3 Å². The summed E-state index contributed by atoms with van der Waals surface area (Å²) in [6.45, 7) is 5.47. The van der Waals surface area contributed by atoms with Gasteiger partial charge in [0.25, 0.3) is 0 Å². The molecule has 3 atom stereocenters. The van der Waals surface area contributed by atoms with Gasteiger partial charge in [-0.1, -0.05) is 0 Å². The molecule has 9 nitrogen and oxygen atoms in total. The number of aromatic nitrogens is 2. The lowest BCUT2D eigenvalue weighted by Crippen LogP contribution is -2.33. The number of ether oxygens (including phenoxy) is 1. The van der Waals surface area contributed by atoms with Crippen molar-refractivity contribution < 1.29 is 21.9 Å². The van der Waals surface area contributed by atoms with E-state index in [9.17, 15) is 8.42 Å². The highest BCUT2D eigenvalue weighted by molar-refractivity contribution is 7.89. The van der Waals surface area contributed by atoms with Crippen LogP contribution in [-0.2, 0) is 26.0 Å². The maximum atomic E-state index is 11.3. The summed E-state index contributed by atoms with van der Waals surface area (Å²) in [5.41, 5.74) is 0.896. The summed E-state index contributed by atoms with van der Waals surface area (Å²) < 4.78 is 45.6. The summed E-state index contributed by atoms with van der Waals surface area (Å²) in [5.74, 6) is 0.332. The Bertz CT molecular complexity index is 545. The fourth-order valence-corrected chi connectivity index (χ4v) is 1.87. The molecular formula is C10H19N4O5S2-. The van der Waals surface area contributed by atoms with Crippen molar-refractivity contribution in [3.63, 3.8) is 0 Å². The lowest BCUT2D eigenvalue weighted by atomic mass is 10.2. The summed E-state index contributed by atoms with van der Waals surface area (Å²) in [4.78, 5) is 8.15. The van der Waals surface area contributed by atoms with Gasteiger partial charge in [-0.3, -0.25) is 9.35 Å². The van der Waals surface area contributed by atoms with Crippen molar-refractivity contribution in [1.29, 1.82) is 0 Å². The monoisotopic (exact) mass is 339 g/mol. The van der Waals surface area contributed by atoms with Crippen LogP contribution >= 0.6 is 0 Å². The van der Waals surface area contributed by atoms with Crippen LogP contribution in [-0.4, -0.2) is 39.0 Å². The molecule has 1 aromatic rings. The van der Waals surface area contributed by atoms with Crippen LogP contribution in [0.2, 0.25) is 0 Å². The Morgan fingerprint density at radius 3 is 2.19 bits per heavy atom. The van der Waals surface area contributed by atoms with E-state index in [0.29, 0.717) is 12.4 Å². The van der Waals surface area contributed by atoms with E-state index in [4.69, 9.17) is 18.6 Å². The molecule has 0 fully saturated rings. The fraction of sp³-hybridized carbons (Fsp3) is 0.600. The van der Waals surface area contributed by atoms with E-state index in [1.165, 1.54) is 6.92 Å². The molecule has 0 spiro atoms. The Hall–Kier alpha value is -0.980. The third-order valence-corrected chi connectivity index (χ3v) is 3.63. The number of primary sulfonamides is 1. The average Bonchev–Trinajstić information content (AvgIpc) is 2.34. The van der Waals surface area contributed by atoms with Crippen molar-refractivity contribution in [2.75, 3.05) is 6.61 Å². The van der Waals surface area contributed by atoms with Gasteiger partial charge in [0.1, 0.15) is 11.4 Å². The molecule has 1 unspecified atom stereocenters. The predicted octanol–water partition coefficient (Wildman–Crippen LogP) is -0.721. The molecular weight excluding hydrogens is 320 g/mol. The first-order valence-corrected chi connectivity index (χ1v) is 8.59. The zero-order chi connectivity index (χ0) is 16.6. The molecule has 0 amide bonds. The number of nitrogens with zero attached hydrogens (tertiary/aromatic N) is 2. The summed E-state index contributed by atoms with van der Waals surface area (Å²) in [7, 11) is -3.69. The first-order chi connectivity index (χ1) is 9.59. The van der Waals surface area contributed by atoms with Gasteiger partial charge in [-0.15, -0.1) is 0 Å². The molecule has 122 valence electrons. The number of hydrogen-bond donors (Lipinski definition) is 2. The largest absolute Gasteiger partial charge is 0.760 e. The highest BCUT2D eigenvalue weighted by Crippen LogP contribution is 2.21. The second kappa shape index (κ2) is 9.12. The predicted molar refractivity (Wildman–Crippen MR) is 76.8 cm³/mol. The topological polar surface area (TPSA) is 161 Å². The lowest BCUT2D eigenvalue weighted by Gasteiger charge is -2.20. The molecule has 0 radical (unpaired) electrons. The van der Waals surface area contributed by atoms with Crippen LogP contribution < -0.4 is 10.3 Å². The van der Waals surface area contributed by atoms with Gasteiger partial charge in [-0.05, 0) is 26.3 Å². The van der Waals surface area contributed by atoms with Gasteiger partial charge in [0.15, 0.2) is 5.82 Å². The standard InChI is InChI=1S/C10H17N3O3S.H3NO2S/c1-4-16-9(8(3)17(11,14)15)10-12-5-7(2)6-13-10;1-4(2)3/h5-6,8-9H,4H2,1-3H3,(H2,11,14,15);1H2,(H,2,3)/p-1/t8-,9-;/m0./s1. The van der Waals surface area contributed by atoms with Crippen molar-refractivity contribution in [3.8, 4) is 0 Å². The number of hydrogen-bond acceptors (Lipinski definition) is 7. The zero-order valence-corrected chi connectivity index (χ0v) is 13.6. The first kappa shape index (κ1) is 20.0. The summed E-state index contributed by atoms with van der Waals surface area (Å²) in [6, 6.07) is 0. The smallest absolute Gasteiger partial charge is 0.214 e. The third-order valence-electron chi connectivity index (χ3n) is 2.35. The number of rotatable bonds is 5. The van der Waals surface area contributed by atoms with Crippen LogP contribution in [0.15, 0.2) is 12.4 Å². The van der Waals surface area contributed by atoms with E-state index in [1.807, 2.05) is 6.92 Å². The molecule has 4 N–H and O–H groups in total. The molecule has 0 saturated heterocycles. The maximum absolute atomic E-state index is 11.3. The Kier molecular flexibility index (Phi) is 8.70. The summed E-state index contributed by atoms with van der Waals surface area (Å²) in [6.07, 6.45) is 2.49. The van der Waals surface area contributed by atoms with Crippen molar-refractivity contribution in [2.45, 2.75) is 32.1 Å². The molecule has 21 heavy (non-hydrogen) atoms. The van der Waals surface area contributed by atoms with Gasteiger partial charge in [0.2, 0.25) is 10.0 Å². The Balaban J connectivity index is 0.000000885. The average molecular weight is 339 g/mol. The van der Waals surface area contributed by atoms with E-state index in [-0.39, 0.29) is 0 Å². The molecule has 0 aliphatic rings. The number of sulfonamides is 1. The minimum atomic E-state index is -3.69. The van der Waals surface area contributed by atoms with Crippen LogP contribution in [0.3, 0.4) is 0 Å². The van der Waals surface area contributed by atoms with Crippen LogP contribution in [0, 0.1) is 6.92 Å². The number of nitrogens with two attached hydrogens (primary N) is 2. The van der Waals surface area contributed by atoms with Crippen LogP contribution in [0.25, 0.3) is 0 Å². The first-order valence-electron chi connectivity index (χ1n) is 5.85. The van der Waals surface area contributed by atoms with Crippen molar-refractivity contribution in [3.05, 3.63) is 23.8 Å². The van der Waals surface area contributed by atoms with E-state index in [0.717, 1.165) is 5.56 Å². The minimum Gasteiger partial charge on any atom is -0.760 e. The molecule has 0 aliphatic heterocycles. The second-order valence-corrected chi connectivity index (χ2v) is 6.49. The Morgan fingerprint density at radius 2 is 1.86 bits per heavy atom.